The molecule has 0 N–H and O–H groups in total. The summed E-state index contributed by atoms with van der Waals surface area (Å²) in [5.41, 5.74) is 1.80. The molecule has 1 heterocycles. The third-order valence-electron chi connectivity index (χ3n) is 1.77. The molecule has 3 heteroatoms. The maximum Gasteiger partial charge on any atom is 0.250 e. The smallest absolute Gasteiger partial charge is 0.220 e. The Morgan fingerprint density at radius 3 is 2.57 bits per heavy atom. The zero-order valence-electron chi connectivity index (χ0n) is 7.88. The van der Waals surface area contributed by atoms with E-state index in [9.17, 15) is 0 Å². The van der Waals surface area contributed by atoms with E-state index in [-0.39, 0.29) is 0 Å². The highest BCUT2D eigenvalue weighted by atomic mass is 15.1. The SMILES string of the molecule is Cc1ccnc([N]c2ccccc2)n1. The maximum atomic E-state index is 4.28. The first-order valence-electron chi connectivity index (χ1n) is 4.41. The van der Waals surface area contributed by atoms with Gasteiger partial charge in [-0.2, -0.15) is 0 Å². The number of hydrogen-bond donors (Lipinski definition) is 0. The van der Waals surface area contributed by atoms with E-state index >= 15 is 0 Å². The Morgan fingerprint density at radius 2 is 1.86 bits per heavy atom. The van der Waals surface area contributed by atoms with Crippen LogP contribution in [0.3, 0.4) is 0 Å². The highest BCUT2D eigenvalue weighted by Crippen LogP contribution is 2.11. The average Bonchev–Trinajstić information content (AvgIpc) is 2.19. The molecule has 0 aliphatic rings. The molecule has 14 heavy (non-hydrogen) atoms. The van der Waals surface area contributed by atoms with Crippen molar-refractivity contribution in [3.05, 3.63) is 48.3 Å². The molecule has 0 fully saturated rings. The fraction of sp³-hybridized carbons (Fsp3) is 0.0909. The number of nitrogens with zero attached hydrogens (tertiary/aromatic N) is 3. The summed E-state index contributed by atoms with van der Waals surface area (Å²) >= 11 is 0. The fourth-order valence-electron chi connectivity index (χ4n) is 1.11. The minimum atomic E-state index is 0.510. The second kappa shape index (κ2) is 3.87. The highest BCUT2D eigenvalue weighted by molar-refractivity contribution is 5.41. The van der Waals surface area contributed by atoms with Crippen LogP contribution < -0.4 is 5.32 Å². The molecular weight excluding hydrogens is 174 g/mol. The van der Waals surface area contributed by atoms with Gasteiger partial charge in [-0.05, 0) is 25.1 Å². The van der Waals surface area contributed by atoms with Gasteiger partial charge in [-0.25, -0.2) is 15.3 Å². The molecule has 0 saturated heterocycles. The van der Waals surface area contributed by atoms with Gasteiger partial charge in [-0.15, -0.1) is 0 Å². The summed E-state index contributed by atoms with van der Waals surface area (Å²) in [6, 6.07) is 11.5. The van der Waals surface area contributed by atoms with Crippen LogP contribution in [0, 0.1) is 6.92 Å². The molecule has 0 unspecified atom stereocenters. The van der Waals surface area contributed by atoms with Crippen LogP contribution in [0.1, 0.15) is 5.69 Å². The molecule has 0 aliphatic carbocycles. The standard InChI is InChI=1S/C11H10N3/c1-9-7-8-12-11(13-9)14-10-5-3-2-4-6-10/h2-8H,1H3. The molecule has 0 saturated carbocycles. The monoisotopic (exact) mass is 184 g/mol. The van der Waals surface area contributed by atoms with Crippen LogP contribution in [0.2, 0.25) is 0 Å². The van der Waals surface area contributed by atoms with Crippen molar-refractivity contribution < 1.29 is 0 Å². The lowest BCUT2D eigenvalue weighted by molar-refractivity contribution is 0.986. The number of para-hydroxylation sites is 1. The van der Waals surface area contributed by atoms with Gasteiger partial charge in [0.1, 0.15) is 0 Å². The quantitative estimate of drug-likeness (QED) is 0.718. The zero-order chi connectivity index (χ0) is 9.80. The summed E-state index contributed by atoms with van der Waals surface area (Å²) in [7, 11) is 0. The number of benzene rings is 1. The van der Waals surface area contributed by atoms with E-state index in [0.29, 0.717) is 5.95 Å². The Hall–Kier alpha value is -1.90. The van der Waals surface area contributed by atoms with E-state index in [1.54, 1.807) is 6.20 Å². The van der Waals surface area contributed by atoms with Crippen molar-refractivity contribution in [2.75, 3.05) is 0 Å². The van der Waals surface area contributed by atoms with E-state index in [0.717, 1.165) is 11.4 Å². The summed E-state index contributed by atoms with van der Waals surface area (Å²) in [6.07, 6.45) is 1.71. The van der Waals surface area contributed by atoms with Crippen LogP contribution in [0.15, 0.2) is 42.6 Å². The Labute approximate surface area is 82.8 Å². The first-order chi connectivity index (χ1) is 6.84. The van der Waals surface area contributed by atoms with Crippen LogP contribution in [-0.2, 0) is 0 Å². The second-order valence-corrected chi connectivity index (χ2v) is 2.95. The van der Waals surface area contributed by atoms with Crippen molar-refractivity contribution >= 4 is 11.6 Å². The summed E-state index contributed by atoms with van der Waals surface area (Å²) in [4.78, 5) is 8.25. The third kappa shape index (κ3) is 2.07. The number of hydrogen-bond acceptors (Lipinski definition) is 2. The van der Waals surface area contributed by atoms with Crippen molar-refractivity contribution in [2.24, 2.45) is 0 Å². The molecule has 0 atom stereocenters. The van der Waals surface area contributed by atoms with Crippen LogP contribution in [-0.4, -0.2) is 9.97 Å². The molecule has 1 aromatic carbocycles. The maximum absolute atomic E-state index is 4.28. The first kappa shape index (κ1) is 8.69. The van der Waals surface area contributed by atoms with Gasteiger partial charge in [0, 0.05) is 11.9 Å². The fourth-order valence-corrected chi connectivity index (χ4v) is 1.11. The molecule has 69 valence electrons. The first-order valence-corrected chi connectivity index (χ1v) is 4.41. The van der Waals surface area contributed by atoms with Gasteiger partial charge in [0.2, 0.25) is 5.95 Å². The molecule has 2 aromatic rings. The van der Waals surface area contributed by atoms with Gasteiger partial charge in [-0.1, -0.05) is 18.2 Å². The van der Waals surface area contributed by atoms with Gasteiger partial charge in [0.05, 0.1) is 5.69 Å². The molecule has 3 nitrogen and oxygen atoms in total. The summed E-state index contributed by atoms with van der Waals surface area (Å²) in [6.45, 7) is 1.92. The van der Waals surface area contributed by atoms with Crippen LogP contribution in [0.5, 0.6) is 0 Å². The Morgan fingerprint density at radius 1 is 1.07 bits per heavy atom. The van der Waals surface area contributed by atoms with Crippen molar-refractivity contribution in [2.45, 2.75) is 6.92 Å². The average molecular weight is 184 g/mol. The molecule has 1 aromatic heterocycles. The molecule has 0 spiro atoms. The largest absolute Gasteiger partial charge is 0.250 e. The van der Waals surface area contributed by atoms with Crippen LogP contribution >= 0.6 is 0 Å². The molecule has 0 bridgehead atoms. The lowest BCUT2D eigenvalue weighted by Crippen LogP contribution is -1.95. The molecule has 1 radical (unpaired) electrons. The lowest BCUT2D eigenvalue weighted by Gasteiger charge is -2.00. The Balaban J connectivity index is 2.19. The molecule has 2 rings (SSSR count). The van der Waals surface area contributed by atoms with Gasteiger partial charge in [-0.3, -0.25) is 0 Å². The van der Waals surface area contributed by atoms with E-state index < -0.39 is 0 Å². The van der Waals surface area contributed by atoms with E-state index in [4.69, 9.17) is 0 Å². The molecular formula is C11H10N3. The predicted molar refractivity (Wildman–Crippen MR) is 54.7 cm³/mol. The minimum Gasteiger partial charge on any atom is -0.220 e. The van der Waals surface area contributed by atoms with Crippen molar-refractivity contribution in [3.63, 3.8) is 0 Å². The van der Waals surface area contributed by atoms with E-state index in [2.05, 4.69) is 15.3 Å². The van der Waals surface area contributed by atoms with Crippen LogP contribution in [0.4, 0.5) is 11.6 Å². The Kier molecular flexibility index (Phi) is 2.40. The number of aromatic nitrogens is 2. The predicted octanol–water partition coefficient (Wildman–Crippen LogP) is 2.35. The van der Waals surface area contributed by atoms with Crippen LogP contribution in [0.25, 0.3) is 0 Å². The van der Waals surface area contributed by atoms with E-state index in [1.807, 2.05) is 43.3 Å². The summed E-state index contributed by atoms with van der Waals surface area (Å²) in [5.74, 6) is 0.510. The second-order valence-electron chi connectivity index (χ2n) is 2.95. The van der Waals surface area contributed by atoms with Crippen molar-refractivity contribution in [3.8, 4) is 0 Å². The normalized spacial score (nSPS) is 9.79. The summed E-state index contributed by atoms with van der Waals surface area (Å²) < 4.78 is 0. The molecule has 0 aliphatic heterocycles. The minimum absolute atomic E-state index is 0.510. The number of rotatable bonds is 2. The van der Waals surface area contributed by atoms with Crippen molar-refractivity contribution in [1.82, 2.24) is 15.3 Å². The zero-order valence-corrected chi connectivity index (χ0v) is 7.88. The van der Waals surface area contributed by atoms with E-state index in [1.165, 1.54) is 0 Å². The lowest BCUT2D eigenvalue weighted by atomic mass is 10.3. The number of aryl methyl sites for hydroxylation is 1. The Bertz CT molecular complexity index is 412. The topological polar surface area (TPSA) is 39.9 Å². The van der Waals surface area contributed by atoms with Gasteiger partial charge in [0.15, 0.2) is 0 Å². The van der Waals surface area contributed by atoms with Crippen molar-refractivity contribution in [1.29, 1.82) is 0 Å². The third-order valence-corrected chi connectivity index (χ3v) is 1.77. The van der Waals surface area contributed by atoms with Gasteiger partial charge < -0.3 is 0 Å². The summed E-state index contributed by atoms with van der Waals surface area (Å²) in [5, 5.41) is 4.28. The highest BCUT2D eigenvalue weighted by Gasteiger charge is 1.98. The molecule has 0 amide bonds. The van der Waals surface area contributed by atoms with Gasteiger partial charge >= 0.3 is 0 Å². The van der Waals surface area contributed by atoms with Gasteiger partial charge in [0.25, 0.3) is 0 Å².